The molecule has 0 radical (unpaired) electrons. The van der Waals surface area contributed by atoms with E-state index in [4.69, 9.17) is 0 Å². The van der Waals surface area contributed by atoms with Gasteiger partial charge >= 0.3 is 0 Å². The summed E-state index contributed by atoms with van der Waals surface area (Å²) in [4.78, 5) is 13.8. The molecule has 0 bridgehead atoms. The lowest BCUT2D eigenvalue weighted by molar-refractivity contribution is 0.0770. The molecule has 0 N–H and O–H groups in total. The van der Waals surface area contributed by atoms with Gasteiger partial charge in [0.15, 0.2) is 0 Å². The highest BCUT2D eigenvalue weighted by Crippen LogP contribution is 2.20. The third-order valence-corrected chi connectivity index (χ3v) is 5.07. The predicted octanol–water partition coefficient (Wildman–Crippen LogP) is 0.866. The Morgan fingerprint density at radius 1 is 1.35 bits per heavy atom. The van der Waals surface area contributed by atoms with E-state index in [9.17, 15) is 9.00 Å². The fourth-order valence-corrected chi connectivity index (χ4v) is 3.40. The topological polar surface area (TPSA) is 63.2 Å². The number of carbonyl (C=O) groups excluding carboxylic acids is 1. The molecule has 1 aliphatic heterocycles. The Morgan fingerprint density at radius 2 is 2.00 bits per heavy atom. The van der Waals surface area contributed by atoms with Crippen LogP contribution in [-0.2, 0) is 10.8 Å². The maximum Gasteiger partial charge on any atom is 0.284 e. The van der Waals surface area contributed by atoms with E-state index in [0.29, 0.717) is 35.5 Å². The van der Waals surface area contributed by atoms with Crippen molar-refractivity contribution >= 4 is 28.0 Å². The van der Waals surface area contributed by atoms with Crippen LogP contribution in [0.15, 0.2) is 0 Å². The van der Waals surface area contributed by atoms with Crippen LogP contribution in [-0.4, -0.2) is 49.8 Å². The lowest BCUT2D eigenvalue weighted by Gasteiger charge is -2.25. The van der Waals surface area contributed by atoms with Gasteiger partial charge in [0.2, 0.25) is 5.01 Å². The van der Waals surface area contributed by atoms with Gasteiger partial charge in [-0.3, -0.25) is 9.00 Å². The Hall–Kier alpha value is -0.820. The Balaban J connectivity index is 2.06. The molecule has 0 aromatic carbocycles. The number of hydrogen-bond donors (Lipinski definition) is 0. The second-order valence-electron chi connectivity index (χ2n) is 4.24. The smallest absolute Gasteiger partial charge is 0.284 e. The molecule has 17 heavy (non-hydrogen) atoms. The molecule has 1 aliphatic rings. The van der Waals surface area contributed by atoms with E-state index in [1.807, 2.05) is 13.8 Å². The van der Waals surface area contributed by atoms with E-state index in [1.54, 1.807) is 4.90 Å². The van der Waals surface area contributed by atoms with Crippen molar-refractivity contribution in [1.82, 2.24) is 15.1 Å². The maximum absolute atomic E-state index is 12.1. The molecule has 5 nitrogen and oxygen atoms in total. The van der Waals surface area contributed by atoms with Crippen molar-refractivity contribution in [3.05, 3.63) is 10.0 Å². The summed E-state index contributed by atoms with van der Waals surface area (Å²) in [5.74, 6) is 1.36. The van der Waals surface area contributed by atoms with Gasteiger partial charge in [0, 0.05) is 41.3 Å². The van der Waals surface area contributed by atoms with Gasteiger partial charge in [0.25, 0.3) is 5.91 Å². The normalized spacial score (nSPS) is 17.7. The van der Waals surface area contributed by atoms with E-state index in [0.717, 1.165) is 5.01 Å². The monoisotopic (exact) mass is 273 g/mol. The van der Waals surface area contributed by atoms with Crippen molar-refractivity contribution in [3.63, 3.8) is 0 Å². The largest absolute Gasteiger partial charge is 0.335 e. The van der Waals surface area contributed by atoms with Gasteiger partial charge < -0.3 is 4.90 Å². The zero-order valence-electron chi connectivity index (χ0n) is 9.88. The van der Waals surface area contributed by atoms with Gasteiger partial charge in [-0.2, -0.15) is 0 Å². The third-order valence-electron chi connectivity index (χ3n) is 2.58. The Kier molecular flexibility index (Phi) is 3.88. The van der Waals surface area contributed by atoms with Gasteiger partial charge in [-0.05, 0) is 0 Å². The number of rotatable bonds is 2. The van der Waals surface area contributed by atoms with Gasteiger partial charge in [-0.25, -0.2) is 0 Å². The average molecular weight is 273 g/mol. The second-order valence-corrected chi connectivity index (χ2v) is 6.95. The Bertz CT molecular complexity index is 435. The van der Waals surface area contributed by atoms with Crippen molar-refractivity contribution in [3.8, 4) is 0 Å². The molecule has 1 amide bonds. The van der Waals surface area contributed by atoms with Crippen LogP contribution in [0.4, 0.5) is 0 Å². The third kappa shape index (κ3) is 2.90. The molecule has 0 unspecified atom stereocenters. The highest BCUT2D eigenvalue weighted by atomic mass is 32.2. The van der Waals surface area contributed by atoms with Crippen LogP contribution in [0.2, 0.25) is 0 Å². The van der Waals surface area contributed by atoms with Gasteiger partial charge in [0.05, 0.1) is 0 Å². The molecule has 1 saturated heterocycles. The van der Waals surface area contributed by atoms with E-state index in [-0.39, 0.29) is 5.91 Å². The fourth-order valence-electron chi connectivity index (χ4n) is 1.53. The number of aromatic nitrogens is 2. The number of hydrogen-bond acceptors (Lipinski definition) is 5. The standard InChI is InChI=1S/C10H15N3O2S2/c1-7(2)8-11-12-9(16-8)10(14)13-3-5-17(15)6-4-13/h7H,3-6H2,1-2H3. The van der Waals surface area contributed by atoms with E-state index in [1.165, 1.54) is 11.3 Å². The quantitative estimate of drug-likeness (QED) is 0.802. The van der Waals surface area contributed by atoms with Crippen molar-refractivity contribution in [2.24, 2.45) is 0 Å². The Labute approximate surface area is 107 Å². The molecule has 0 saturated carbocycles. The molecule has 7 heteroatoms. The van der Waals surface area contributed by atoms with Crippen molar-refractivity contribution in [2.75, 3.05) is 24.6 Å². The van der Waals surface area contributed by atoms with Crippen LogP contribution < -0.4 is 0 Å². The average Bonchev–Trinajstić information content (AvgIpc) is 2.78. The summed E-state index contributed by atoms with van der Waals surface area (Å²) in [5, 5.41) is 9.27. The lowest BCUT2D eigenvalue weighted by Crippen LogP contribution is -2.41. The van der Waals surface area contributed by atoms with Gasteiger partial charge in [0.1, 0.15) is 5.01 Å². The minimum atomic E-state index is -0.762. The van der Waals surface area contributed by atoms with Crippen LogP contribution in [0, 0.1) is 0 Å². The number of nitrogens with zero attached hydrogens (tertiary/aromatic N) is 3. The molecule has 1 fully saturated rings. The SMILES string of the molecule is CC(C)c1nnc(C(=O)N2CCS(=O)CC2)s1. The summed E-state index contributed by atoms with van der Waals surface area (Å²) >= 11 is 1.35. The molecular weight excluding hydrogens is 258 g/mol. The molecule has 1 aromatic heterocycles. The summed E-state index contributed by atoms with van der Waals surface area (Å²) in [6.07, 6.45) is 0. The number of amides is 1. The first-order valence-corrected chi connectivity index (χ1v) is 7.86. The molecule has 1 aromatic rings. The van der Waals surface area contributed by atoms with Crippen LogP contribution in [0.25, 0.3) is 0 Å². The van der Waals surface area contributed by atoms with E-state index < -0.39 is 10.8 Å². The highest BCUT2D eigenvalue weighted by molar-refractivity contribution is 7.85. The van der Waals surface area contributed by atoms with Crippen molar-refractivity contribution < 1.29 is 9.00 Å². The first kappa shape index (κ1) is 12.6. The molecule has 2 rings (SSSR count). The van der Waals surface area contributed by atoms with Crippen LogP contribution in [0.1, 0.15) is 34.6 Å². The summed E-state index contributed by atoms with van der Waals surface area (Å²) in [6.45, 7) is 5.17. The zero-order valence-corrected chi connectivity index (χ0v) is 11.5. The second kappa shape index (κ2) is 5.22. The summed E-state index contributed by atoms with van der Waals surface area (Å²) in [7, 11) is -0.762. The molecule has 0 spiro atoms. The van der Waals surface area contributed by atoms with Gasteiger partial charge in [-0.1, -0.05) is 25.2 Å². The lowest BCUT2D eigenvalue weighted by atomic mass is 10.2. The molecule has 0 atom stereocenters. The summed E-state index contributed by atoms with van der Waals surface area (Å²) < 4.78 is 11.2. The van der Waals surface area contributed by atoms with Crippen LogP contribution in [0.3, 0.4) is 0 Å². The van der Waals surface area contributed by atoms with E-state index >= 15 is 0 Å². The predicted molar refractivity (Wildman–Crippen MR) is 67.8 cm³/mol. The first-order valence-electron chi connectivity index (χ1n) is 5.55. The highest BCUT2D eigenvalue weighted by Gasteiger charge is 2.24. The summed E-state index contributed by atoms with van der Waals surface area (Å²) in [6, 6.07) is 0. The first-order chi connectivity index (χ1) is 8.08. The fraction of sp³-hybridized carbons (Fsp3) is 0.700. The van der Waals surface area contributed by atoms with Gasteiger partial charge in [-0.15, -0.1) is 10.2 Å². The van der Waals surface area contributed by atoms with Crippen LogP contribution in [0.5, 0.6) is 0 Å². The minimum absolute atomic E-state index is 0.0777. The maximum atomic E-state index is 12.1. The van der Waals surface area contributed by atoms with E-state index in [2.05, 4.69) is 10.2 Å². The number of carbonyl (C=O) groups is 1. The zero-order chi connectivity index (χ0) is 12.4. The van der Waals surface area contributed by atoms with Crippen molar-refractivity contribution in [2.45, 2.75) is 19.8 Å². The molecular formula is C10H15N3O2S2. The molecule has 0 aliphatic carbocycles. The van der Waals surface area contributed by atoms with Crippen LogP contribution >= 0.6 is 11.3 Å². The van der Waals surface area contributed by atoms with Crippen molar-refractivity contribution in [1.29, 1.82) is 0 Å². The molecule has 94 valence electrons. The Morgan fingerprint density at radius 3 is 2.53 bits per heavy atom. The molecule has 2 heterocycles. The summed E-state index contributed by atoms with van der Waals surface area (Å²) in [5.41, 5.74) is 0. The minimum Gasteiger partial charge on any atom is -0.335 e.